The molecule has 0 bridgehead atoms. The van der Waals surface area contributed by atoms with E-state index < -0.39 is 5.91 Å². The van der Waals surface area contributed by atoms with Crippen LogP contribution in [0, 0.1) is 6.92 Å². The van der Waals surface area contributed by atoms with Crippen molar-refractivity contribution in [2.24, 2.45) is 5.73 Å². The summed E-state index contributed by atoms with van der Waals surface area (Å²) in [5.74, 6) is -0.781. The van der Waals surface area contributed by atoms with Crippen molar-refractivity contribution in [1.29, 1.82) is 0 Å². The number of nitrogens with one attached hydrogen (secondary N) is 2. The third-order valence-corrected chi connectivity index (χ3v) is 6.67. The molecule has 0 saturated carbocycles. The molecule has 0 fully saturated rings. The van der Waals surface area contributed by atoms with Crippen LogP contribution in [0.3, 0.4) is 0 Å². The smallest absolute Gasteiger partial charge is 0.243 e. The van der Waals surface area contributed by atoms with E-state index in [0.29, 0.717) is 14.4 Å². The number of amides is 3. The van der Waals surface area contributed by atoms with E-state index >= 15 is 0 Å². The van der Waals surface area contributed by atoms with Crippen LogP contribution in [0.5, 0.6) is 0 Å². The number of nitrogens with zero attached hydrogens (tertiary/aromatic N) is 2. The Bertz CT molecular complexity index is 846. The molecule has 0 radical (unpaired) electrons. The molecule has 144 valence electrons. The van der Waals surface area contributed by atoms with Crippen molar-refractivity contribution < 1.29 is 14.4 Å². The van der Waals surface area contributed by atoms with E-state index in [1.807, 2.05) is 19.1 Å². The molecular formula is C15H16BrN5O3S3. The Kier molecular flexibility index (Phi) is 8.54. The van der Waals surface area contributed by atoms with Gasteiger partial charge in [-0.05, 0) is 30.7 Å². The molecule has 1 aromatic heterocycles. The van der Waals surface area contributed by atoms with Gasteiger partial charge in [-0.2, -0.15) is 0 Å². The van der Waals surface area contributed by atoms with Gasteiger partial charge in [0.05, 0.1) is 18.1 Å². The molecule has 2 rings (SSSR count). The Hall–Kier alpha value is -1.63. The van der Waals surface area contributed by atoms with Gasteiger partial charge in [0.15, 0.2) is 8.68 Å². The number of anilines is 1. The molecule has 0 saturated heterocycles. The molecule has 12 heteroatoms. The molecule has 1 aromatic carbocycles. The first-order valence-electron chi connectivity index (χ1n) is 7.53. The minimum Gasteiger partial charge on any atom is -0.369 e. The van der Waals surface area contributed by atoms with Crippen LogP contribution in [0.15, 0.2) is 31.4 Å². The molecule has 0 spiro atoms. The molecule has 4 N–H and O–H groups in total. The van der Waals surface area contributed by atoms with Crippen molar-refractivity contribution in [1.82, 2.24) is 15.5 Å². The number of hydrogen-bond acceptors (Lipinski definition) is 8. The predicted octanol–water partition coefficient (Wildman–Crippen LogP) is 2.03. The number of aromatic nitrogens is 2. The topological polar surface area (TPSA) is 127 Å². The molecule has 1 heterocycles. The Balaban J connectivity index is 1.71. The zero-order valence-electron chi connectivity index (χ0n) is 14.2. The van der Waals surface area contributed by atoms with Crippen molar-refractivity contribution in [2.45, 2.75) is 15.6 Å². The van der Waals surface area contributed by atoms with Gasteiger partial charge < -0.3 is 16.4 Å². The molecule has 0 aliphatic rings. The Morgan fingerprint density at radius 1 is 1.15 bits per heavy atom. The van der Waals surface area contributed by atoms with Crippen LogP contribution in [0.4, 0.5) is 5.69 Å². The molecule has 8 nitrogen and oxygen atoms in total. The van der Waals surface area contributed by atoms with Gasteiger partial charge in [0, 0.05) is 10.2 Å². The minimum absolute atomic E-state index is 0.111. The number of thioether (sulfide) groups is 2. The summed E-state index contributed by atoms with van der Waals surface area (Å²) in [5.41, 5.74) is 6.68. The summed E-state index contributed by atoms with van der Waals surface area (Å²) < 4.78 is 2.14. The van der Waals surface area contributed by atoms with E-state index in [1.165, 1.54) is 34.9 Å². The number of halogens is 1. The van der Waals surface area contributed by atoms with E-state index in [2.05, 4.69) is 36.8 Å². The van der Waals surface area contributed by atoms with E-state index in [1.54, 1.807) is 6.07 Å². The normalized spacial score (nSPS) is 10.4. The zero-order chi connectivity index (χ0) is 19.8. The lowest BCUT2D eigenvalue weighted by Crippen LogP contribution is -2.34. The number of carbonyl (C=O) groups excluding carboxylic acids is 3. The second kappa shape index (κ2) is 10.6. The molecule has 3 amide bonds. The van der Waals surface area contributed by atoms with Crippen LogP contribution in [0.25, 0.3) is 0 Å². The predicted molar refractivity (Wildman–Crippen MR) is 111 cm³/mol. The third kappa shape index (κ3) is 7.87. The van der Waals surface area contributed by atoms with Crippen LogP contribution in [-0.4, -0.2) is 46.0 Å². The van der Waals surface area contributed by atoms with E-state index in [-0.39, 0.29) is 29.9 Å². The first kappa shape index (κ1) is 21.7. The lowest BCUT2D eigenvalue weighted by atomic mass is 10.2. The summed E-state index contributed by atoms with van der Waals surface area (Å²) in [7, 11) is 0. The summed E-state index contributed by atoms with van der Waals surface area (Å²) in [6.07, 6.45) is 0. The first-order valence-corrected chi connectivity index (χ1v) is 11.1. The summed E-state index contributed by atoms with van der Waals surface area (Å²) >= 11 is 7.05. The van der Waals surface area contributed by atoms with Crippen LogP contribution < -0.4 is 16.4 Å². The summed E-state index contributed by atoms with van der Waals surface area (Å²) in [6.45, 7) is 1.76. The second-order valence-corrected chi connectivity index (χ2v) is 9.50. The van der Waals surface area contributed by atoms with E-state index in [0.717, 1.165) is 10.0 Å². The third-order valence-electron chi connectivity index (χ3n) is 2.96. The van der Waals surface area contributed by atoms with Crippen molar-refractivity contribution in [2.75, 3.05) is 23.4 Å². The minimum atomic E-state index is -0.430. The number of aryl methyl sites for hydroxylation is 1. The second-order valence-electron chi connectivity index (χ2n) is 5.16. The number of nitrogens with two attached hydrogens (primary N) is 1. The fraction of sp³-hybridized carbons (Fsp3) is 0.267. The fourth-order valence-corrected chi connectivity index (χ4v) is 4.83. The molecule has 27 heavy (non-hydrogen) atoms. The van der Waals surface area contributed by atoms with Crippen LogP contribution in [-0.2, 0) is 14.4 Å². The largest absolute Gasteiger partial charge is 0.369 e. The lowest BCUT2D eigenvalue weighted by molar-refractivity contribution is -0.122. The highest BCUT2D eigenvalue weighted by molar-refractivity contribution is 9.10. The SMILES string of the molecule is Cc1cc(Br)ccc1NC(=O)CNC(=O)CSc1nnc(SCC(N)=O)s1. The standard InChI is InChI=1S/C15H16BrN5O3S3/c1-8-4-9(16)2-3-10(8)19-12(23)5-18-13(24)7-26-15-21-20-14(27-15)25-6-11(17)22/h2-4H,5-7H2,1H3,(H2,17,22)(H,18,24)(H,19,23). The monoisotopic (exact) mass is 489 g/mol. The van der Waals surface area contributed by atoms with Gasteiger partial charge in [-0.25, -0.2) is 0 Å². The fourth-order valence-electron chi connectivity index (χ4n) is 1.77. The zero-order valence-corrected chi connectivity index (χ0v) is 18.2. The van der Waals surface area contributed by atoms with Gasteiger partial charge in [-0.3, -0.25) is 14.4 Å². The molecule has 0 unspecified atom stereocenters. The highest BCUT2D eigenvalue weighted by Gasteiger charge is 2.11. The number of rotatable bonds is 9. The van der Waals surface area contributed by atoms with Crippen LogP contribution >= 0.6 is 50.8 Å². The van der Waals surface area contributed by atoms with Gasteiger partial charge in [0.1, 0.15) is 0 Å². The van der Waals surface area contributed by atoms with Gasteiger partial charge in [0.2, 0.25) is 17.7 Å². The summed E-state index contributed by atoms with van der Waals surface area (Å²) in [6, 6.07) is 5.51. The quantitative estimate of drug-likeness (QED) is 0.459. The van der Waals surface area contributed by atoms with Crippen LogP contribution in [0.1, 0.15) is 5.56 Å². The Morgan fingerprint density at radius 3 is 2.44 bits per heavy atom. The van der Waals surface area contributed by atoms with Gasteiger partial charge in [-0.1, -0.05) is 50.8 Å². The van der Waals surface area contributed by atoms with Gasteiger partial charge in [0.25, 0.3) is 0 Å². The maximum Gasteiger partial charge on any atom is 0.243 e. The first-order chi connectivity index (χ1) is 12.8. The molecular weight excluding hydrogens is 474 g/mol. The maximum absolute atomic E-state index is 12.0. The summed E-state index contributed by atoms with van der Waals surface area (Å²) in [5, 5.41) is 13.1. The number of benzene rings is 1. The highest BCUT2D eigenvalue weighted by Crippen LogP contribution is 2.28. The van der Waals surface area contributed by atoms with Crippen molar-refractivity contribution >= 4 is 74.2 Å². The van der Waals surface area contributed by atoms with E-state index in [9.17, 15) is 14.4 Å². The Labute approximate surface area is 176 Å². The van der Waals surface area contributed by atoms with E-state index in [4.69, 9.17) is 5.73 Å². The number of carbonyl (C=O) groups is 3. The van der Waals surface area contributed by atoms with Crippen molar-refractivity contribution in [3.63, 3.8) is 0 Å². The average Bonchev–Trinajstić information content (AvgIpc) is 3.07. The highest BCUT2D eigenvalue weighted by atomic mass is 79.9. The van der Waals surface area contributed by atoms with Crippen molar-refractivity contribution in [3.05, 3.63) is 28.2 Å². The summed E-state index contributed by atoms with van der Waals surface area (Å²) in [4.78, 5) is 34.6. The maximum atomic E-state index is 12.0. The van der Waals surface area contributed by atoms with Gasteiger partial charge >= 0.3 is 0 Å². The molecule has 0 aliphatic carbocycles. The molecule has 0 aliphatic heterocycles. The van der Waals surface area contributed by atoms with Crippen LogP contribution in [0.2, 0.25) is 0 Å². The molecule has 2 aromatic rings. The number of hydrogen-bond donors (Lipinski definition) is 3. The molecule has 0 atom stereocenters. The average molecular weight is 490 g/mol. The number of primary amides is 1. The lowest BCUT2D eigenvalue weighted by Gasteiger charge is -2.09. The van der Waals surface area contributed by atoms with Gasteiger partial charge in [-0.15, -0.1) is 10.2 Å². The Morgan fingerprint density at radius 2 is 1.81 bits per heavy atom. The van der Waals surface area contributed by atoms with Crippen molar-refractivity contribution in [3.8, 4) is 0 Å².